The van der Waals surface area contributed by atoms with E-state index < -0.39 is 5.60 Å². The first kappa shape index (κ1) is 19.4. The molecule has 0 bridgehead atoms. The Labute approximate surface area is 157 Å². The van der Waals surface area contributed by atoms with Crippen LogP contribution in [0.2, 0.25) is 0 Å². The fourth-order valence-electron chi connectivity index (χ4n) is 2.67. The Hall–Kier alpha value is -3.89. The molecule has 7 heteroatoms. The monoisotopic (exact) mass is 363 g/mol. The van der Waals surface area contributed by atoms with Gasteiger partial charge in [0.25, 0.3) is 0 Å². The number of phenolic OH excluding ortho intramolecular Hbond substituents is 1. The molecule has 1 aromatic carbocycles. The largest absolute Gasteiger partial charge is 0.502 e. The van der Waals surface area contributed by atoms with Crippen molar-refractivity contribution >= 4 is 6.08 Å². The van der Waals surface area contributed by atoms with Crippen LogP contribution in [0.4, 0.5) is 0 Å². The zero-order valence-corrected chi connectivity index (χ0v) is 15.3. The molecule has 1 N–H and O–H groups in total. The van der Waals surface area contributed by atoms with Gasteiger partial charge in [0.1, 0.15) is 29.4 Å². The zero-order valence-electron chi connectivity index (χ0n) is 15.3. The number of hydrogen-bond acceptors (Lipinski definition) is 7. The molecule has 1 heterocycles. The standard InChI is InChI=1S/C20H17N3O4/c1-20(2)15(14(11-23)19(27-20)13(9-21)10-22)6-5-12-7-16(25-3)18(24)17(8-12)26-4/h5-8,24H,1-4H3/b6-5+. The van der Waals surface area contributed by atoms with Crippen LogP contribution in [0.3, 0.4) is 0 Å². The Kier molecular flexibility index (Phi) is 5.44. The van der Waals surface area contributed by atoms with Gasteiger partial charge in [-0.2, -0.15) is 15.8 Å². The molecule has 1 aromatic rings. The summed E-state index contributed by atoms with van der Waals surface area (Å²) >= 11 is 0. The Morgan fingerprint density at radius 1 is 1.07 bits per heavy atom. The van der Waals surface area contributed by atoms with Gasteiger partial charge in [-0.15, -0.1) is 0 Å². The van der Waals surface area contributed by atoms with Gasteiger partial charge in [-0.25, -0.2) is 0 Å². The molecule has 136 valence electrons. The van der Waals surface area contributed by atoms with Crippen molar-refractivity contribution in [3.63, 3.8) is 0 Å². The molecule has 0 amide bonds. The van der Waals surface area contributed by atoms with Crippen molar-refractivity contribution in [3.05, 3.63) is 46.3 Å². The van der Waals surface area contributed by atoms with E-state index in [2.05, 4.69) is 0 Å². The lowest BCUT2D eigenvalue weighted by atomic mass is 9.94. The SMILES string of the molecule is COc1cc(/C=C/C2=C(C#N)C(=C(C#N)C#N)OC2(C)C)cc(OC)c1O. The van der Waals surface area contributed by atoms with E-state index in [-0.39, 0.29) is 34.2 Å². The van der Waals surface area contributed by atoms with Crippen LogP contribution >= 0.6 is 0 Å². The van der Waals surface area contributed by atoms with Crippen LogP contribution in [-0.4, -0.2) is 24.9 Å². The van der Waals surface area contributed by atoms with E-state index in [1.54, 1.807) is 50.3 Å². The number of phenols is 1. The number of nitrogens with zero attached hydrogens (tertiary/aromatic N) is 3. The number of hydrogen-bond donors (Lipinski definition) is 1. The van der Waals surface area contributed by atoms with E-state index in [1.165, 1.54) is 14.2 Å². The van der Waals surface area contributed by atoms with Gasteiger partial charge in [0.2, 0.25) is 5.75 Å². The molecule has 0 aliphatic carbocycles. The fourth-order valence-corrected chi connectivity index (χ4v) is 2.67. The van der Waals surface area contributed by atoms with Gasteiger partial charge in [0.05, 0.1) is 14.2 Å². The molecule has 0 saturated carbocycles. The molecular formula is C20H17N3O4. The van der Waals surface area contributed by atoms with Crippen LogP contribution in [0.1, 0.15) is 19.4 Å². The molecule has 27 heavy (non-hydrogen) atoms. The first-order chi connectivity index (χ1) is 12.8. The molecule has 1 aliphatic heterocycles. The van der Waals surface area contributed by atoms with Crippen LogP contribution in [-0.2, 0) is 4.74 Å². The van der Waals surface area contributed by atoms with Gasteiger partial charge < -0.3 is 19.3 Å². The number of aromatic hydroxyl groups is 1. The summed E-state index contributed by atoms with van der Waals surface area (Å²) in [5, 5.41) is 37.7. The molecule has 2 rings (SSSR count). The van der Waals surface area contributed by atoms with E-state index in [0.717, 1.165) is 0 Å². The summed E-state index contributed by atoms with van der Waals surface area (Å²) in [6.07, 6.45) is 3.37. The van der Waals surface area contributed by atoms with Gasteiger partial charge in [-0.1, -0.05) is 12.2 Å². The van der Waals surface area contributed by atoms with E-state index in [4.69, 9.17) is 24.7 Å². The Bertz CT molecular complexity index is 955. The second-order valence-electron chi connectivity index (χ2n) is 6.05. The van der Waals surface area contributed by atoms with Gasteiger partial charge in [0, 0.05) is 5.57 Å². The molecule has 0 spiro atoms. The lowest BCUT2D eigenvalue weighted by Gasteiger charge is -2.20. The average Bonchev–Trinajstić information content (AvgIpc) is 2.91. The van der Waals surface area contributed by atoms with Gasteiger partial charge in [-0.3, -0.25) is 0 Å². The summed E-state index contributed by atoms with van der Waals surface area (Å²) in [7, 11) is 2.85. The van der Waals surface area contributed by atoms with Crippen molar-refractivity contribution in [2.75, 3.05) is 14.2 Å². The summed E-state index contributed by atoms with van der Waals surface area (Å²) in [6, 6.07) is 8.73. The van der Waals surface area contributed by atoms with Gasteiger partial charge >= 0.3 is 0 Å². The molecule has 1 aliphatic rings. The van der Waals surface area contributed by atoms with E-state index in [1.807, 2.05) is 6.07 Å². The highest BCUT2D eigenvalue weighted by atomic mass is 16.5. The van der Waals surface area contributed by atoms with E-state index in [9.17, 15) is 10.4 Å². The number of rotatable bonds is 4. The number of ether oxygens (including phenoxy) is 3. The van der Waals surface area contributed by atoms with Crippen molar-refractivity contribution < 1.29 is 19.3 Å². The average molecular weight is 363 g/mol. The maximum atomic E-state index is 9.99. The topological polar surface area (TPSA) is 119 Å². The number of nitriles is 3. The number of benzene rings is 1. The van der Waals surface area contributed by atoms with Crippen LogP contribution in [0.25, 0.3) is 6.08 Å². The third kappa shape index (κ3) is 3.56. The molecule has 0 aromatic heterocycles. The van der Waals surface area contributed by atoms with Crippen molar-refractivity contribution in [2.24, 2.45) is 0 Å². The smallest absolute Gasteiger partial charge is 0.200 e. The summed E-state index contributed by atoms with van der Waals surface area (Å²) in [6.45, 7) is 3.47. The molecular weight excluding hydrogens is 346 g/mol. The molecule has 0 atom stereocenters. The maximum Gasteiger partial charge on any atom is 0.200 e. The summed E-state index contributed by atoms with van der Waals surface area (Å²) in [4.78, 5) is 0. The van der Waals surface area contributed by atoms with Crippen LogP contribution in [0.5, 0.6) is 17.2 Å². The van der Waals surface area contributed by atoms with Crippen molar-refractivity contribution in [2.45, 2.75) is 19.4 Å². The maximum absolute atomic E-state index is 9.99. The van der Waals surface area contributed by atoms with E-state index >= 15 is 0 Å². The highest BCUT2D eigenvalue weighted by molar-refractivity contribution is 5.67. The predicted octanol–water partition coefficient (Wildman–Crippen LogP) is 3.35. The van der Waals surface area contributed by atoms with Crippen LogP contribution < -0.4 is 9.47 Å². The first-order valence-corrected chi connectivity index (χ1v) is 7.84. The van der Waals surface area contributed by atoms with Gasteiger partial charge in [-0.05, 0) is 31.5 Å². The summed E-state index contributed by atoms with van der Waals surface area (Å²) < 4.78 is 16.0. The second kappa shape index (κ2) is 7.56. The summed E-state index contributed by atoms with van der Waals surface area (Å²) in [5.74, 6) is 0.342. The van der Waals surface area contributed by atoms with Crippen molar-refractivity contribution in [3.8, 4) is 35.5 Å². The Morgan fingerprint density at radius 2 is 1.63 bits per heavy atom. The van der Waals surface area contributed by atoms with E-state index in [0.29, 0.717) is 11.1 Å². The minimum absolute atomic E-state index is 0.0204. The lowest BCUT2D eigenvalue weighted by Crippen LogP contribution is -2.20. The Balaban J connectivity index is 2.60. The normalized spacial score (nSPS) is 14.9. The second-order valence-corrected chi connectivity index (χ2v) is 6.05. The highest BCUT2D eigenvalue weighted by Crippen LogP contribution is 2.41. The highest BCUT2D eigenvalue weighted by Gasteiger charge is 2.38. The molecule has 7 nitrogen and oxygen atoms in total. The lowest BCUT2D eigenvalue weighted by molar-refractivity contribution is 0.0954. The predicted molar refractivity (Wildman–Crippen MR) is 96.3 cm³/mol. The third-order valence-electron chi connectivity index (χ3n) is 4.01. The molecule has 0 saturated heterocycles. The van der Waals surface area contributed by atoms with Crippen LogP contribution in [0, 0.1) is 34.0 Å². The first-order valence-electron chi connectivity index (χ1n) is 7.84. The minimum atomic E-state index is -0.902. The van der Waals surface area contributed by atoms with Crippen molar-refractivity contribution in [1.29, 1.82) is 15.8 Å². The summed E-state index contributed by atoms with van der Waals surface area (Å²) in [5.41, 5.74) is 0.151. The Morgan fingerprint density at radius 3 is 2.07 bits per heavy atom. The number of methoxy groups -OCH3 is 2. The molecule has 0 unspecified atom stereocenters. The van der Waals surface area contributed by atoms with Gasteiger partial charge in [0.15, 0.2) is 22.8 Å². The number of allylic oxidation sites excluding steroid dienone is 2. The molecule has 0 radical (unpaired) electrons. The quantitative estimate of drug-likeness (QED) is 0.814. The van der Waals surface area contributed by atoms with Crippen molar-refractivity contribution in [1.82, 2.24) is 0 Å². The third-order valence-corrected chi connectivity index (χ3v) is 4.01. The van der Waals surface area contributed by atoms with Crippen LogP contribution in [0.15, 0.2) is 40.7 Å². The minimum Gasteiger partial charge on any atom is -0.502 e. The zero-order chi connectivity index (χ0) is 20.2. The fraction of sp³-hybridized carbons (Fsp3) is 0.250. The molecule has 0 fully saturated rings.